The van der Waals surface area contributed by atoms with Crippen LogP contribution >= 0.6 is 0 Å². The molecule has 3 nitrogen and oxygen atoms in total. The summed E-state index contributed by atoms with van der Waals surface area (Å²) in [7, 11) is 1.62. The zero-order valence-electron chi connectivity index (χ0n) is 10.0. The molecule has 2 N–H and O–H groups in total. The number of benzene rings is 2. The molecule has 0 saturated heterocycles. The minimum absolute atomic E-state index is 0.0447. The minimum atomic E-state index is -0.0447. The zero-order valence-corrected chi connectivity index (χ0v) is 10.0. The van der Waals surface area contributed by atoms with Crippen molar-refractivity contribution in [2.45, 2.75) is 20.1 Å². The highest BCUT2D eigenvalue weighted by Gasteiger charge is 2.12. The van der Waals surface area contributed by atoms with Gasteiger partial charge < -0.3 is 14.9 Å². The van der Waals surface area contributed by atoms with Crippen LogP contribution in [0.1, 0.15) is 16.7 Å². The van der Waals surface area contributed by atoms with E-state index < -0.39 is 0 Å². The first-order valence-corrected chi connectivity index (χ1v) is 5.52. The summed E-state index contributed by atoms with van der Waals surface area (Å²) < 4.78 is 5.34. The topological polar surface area (TPSA) is 49.7 Å². The first-order valence-electron chi connectivity index (χ1n) is 5.52. The lowest BCUT2D eigenvalue weighted by Gasteiger charge is -2.14. The Labute approximate surface area is 100 Å². The minimum Gasteiger partial charge on any atom is -0.496 e. The SMILES string of the molecule is COc1ccc(CO)c2c(CO)ccc(C)c12. The molecule has 0 bridgehead atoms. The van der Waals surface area contributed by atoms with Gasteiger partial charge in [0.1, 0.15) is 5.75 Å². The van der Waals surface area contributed by atoms with E-state index >= 15 is 0 Å². The van der Waals surface area contributed by atoms with Crippen LogP contribution in [0.25, 0.3) is 10.8 Å². The zero-order chi connectivity index (χ0) is 12.4. The van der Waals surface area contributed by atoms with Crippen molar-refractivity contribution in [2.75, 3.05) is 7.11 Å². The predicted molar refractivity (Wildman–Crippen MR) is 67.1 cm³/mol. The average Bonchev–Trinajstić information content (AvgIpc) is 2.38. The molecule has 0 amide bonds. The average molecular weight is 232 g/mol. The Hall–Kier alpha value is -1.58. The third kappa shape index (κ3) is 1.88. The molecule has 0 aliphatic heterocycles. The maximum absolute atomic E-state index is 9.39. The molecule has 0 aromatic heterocycles. The second-order valence-electron chi connectivity index (χ2n) is 4.03. The van der Waals surface area contributed by atoms with Crippen molar-refractivity contribution >= 4 is 10.8 Å². The molecule has 2 rings (SSSR count). The molecule has 0 radical (unpaired) electrons. The molecule has 0 aliphatic carbocycles. The maximum Gasteiger partial charge on any atom is 0.126 e. The largest absolute Gasteiger partial charge is 0.496 e. The summed E-state index contributed by atoms with van der Waals surface area (Å²) in [6.45, 7) is 1.90. The molecular weight excluding hydrogens is 216 g/mol. The third-order valence-corrected chi connectivity index (χ3v) is 3.06. The molecule has 3 heteroatoms. The molecule has 0 saturated carbocycles. The van der Waals surface area contributed by atoms with E-state index in [0.29, 0.717) is 0 Å². The van der Waals surface area contributed by atoms with E-state index in [9.17, 15) is 10.2 Å². The van der Waals surface area contributed by atoms with Gasteiger partial charge in [-0.1, -0.05) is 18.2 Å². The molecule has 90 valence electrons. The van der Waals surface area contributed by atoms with Gasteiger partial charge in [0.05, 0.1) is 20.3 Å². The Morgan fingerprint density at radius 3 is 2.06 bits per heavy atom. The number of hydrogen-bond donors (Lipinski definition) is 2. The van der Waals surface area contributed by atoms with Gasteiger partial charge in [0.2, 0.25) is 0 Å². The second kappa shape index (κ2) is 4.73. The smallest absolute Gasteiger partial charge is 0.126 e. The van der Waals surface area contributed by atoms with Crippen molar-refractivity contribution in [1.29, 1.82) is 0 Å². The molecule has 2 aromatic rings. The normalized spacial score (nSPS) is 10.8. The van der Waals surface area contributed by atoms with E-state index in [-0.39, 0.29) is 13.2 Å². The monoisotopic (exact) mass is 232 g/mol. The van der Waals surface area contributed by atoms with E-state index in [1.165, 1.54) is 0 Å². The van der Waals surface area contributed by atoms with E-state index in [1.54, 1.807) is 7.11 Å². The highest BCUT2D eigenvalue weighted by atomic mass is 16.5. The van der Waals surface area contributed by atoms with Crippen LogP contribution in [0.15, 0.2) is 24.3 Å². The number of methoxy groups -OCH3 is 1. The van der Waals surface area contributed by atoms with Crippen molar-refractivity contribution in [1.82, 2.24) is 0 Å². The van der Waals surface area contributed by atoms with Crippen LogP contribution in [-0.4, -0.2) is 17.3 Å². The first-order chi connectivity index (χ1) is 8.22. The van der Waals surface area contributed by atoms with Crippen molar-refractivity contribution in [2.24, 2.45) is 0 Å². The maximum atomic E-state index is 9.39. The van der Waals surface area contributed by atoms with Crippen LogP contribution in [0, 0.1) is 6.92 Å². The molecule has 17 heavy (non-hydrogen) atoms. The molecule has 0 atom stereocenters. The molecule has 2 aromatic carbocycles. The van der Waals surface area contributed by atoms with Gasteiger partial charge in [0.15, 0.2) is 0 Å². The lowest BCUT2D eigenvalue weighted by atomic mass is 9.95. The number of fused-ring (bicyclic) bond motifs is 1. The lowest BCUT2D eigenvalue weighted by Crippen LogP contribution is -1.96. The van der Waals surface area contributed by atoms with Crippen molar-refractivity contribution in [3.8, 4) is 5.75 Å². The summed E-state index contributed by atoms with van der Waals surface area (Å²) in [4.78, 5) is 0. The fourth-order valence-electron chi connectivity index (χ4n) is 2.21. The van der Waals surface area contributed by atoms with Gasteiger partial charge >= 0.3 is 0 Å². The predicted octanol–water partition coefficient (Wildman–Crippen LogP) is 2.14. The van der Waals surface area contributed by atoms with E-state index in [2.05, 4.69) is 0 Å². The summed E-state index contributed by atoms with van der Waals surface area (Å²) in [6, 6.07) is 7.52. The van der Waals surface area contributed by atoms with Gasteiger partial charge in [-0.3, -0.25) is 0 Å². The molecule has 0 spiro atoms. The van der Waals surface area contributed by atoms with Crippen molar-refractivity contribution in [3.05, 3.63) is 41.0 Å². The standard InChI is InChI=1S/C14H16O3/c1-9-3-4-10(7-15)14-11(8-16)5-6-12(17-2)13(9)14/h3-6,15-16H,7-8H2,1-2H3. The Kier molecular flexibility index (Phi) is 3.31. The highest BCUT2D eigenvalue weighted by Crippen LogP contribution is 2.33. The molecule has 0 heterocycles. The van der Waals surface area contributed by atoms with E-state index in [1.807, 2.05) is 31.2 Å². The summed E-state index contributed by atoms with van der Waals surface area (Å²) in [5.41, 5.74) is 2.70. The highest BCUT2D eigenvalue weighted by molar-refractivity contribution is 5.96. The molecule has 0 unspecified atom stereocenters. The Balaban J connectivity index is 2.93. The van der Waals surface area contributed by atoms with Crippen molar-refractivity contribution < 1.29 is 14.9 Å². The molecule has 0 fully saturated rings. The fourth-order valence-corrected chi connectivity index (χ4v) is 2.21. The van der Waals surface area contributed by atoms with Gasteiger partial charge in [-0.15, -0.1) is 0 Å². The summed E-state index contributed by atoms with van der Waals surface area (Å²) in [5.74, 6) is 0.769. The number of aliphatic hydroxyl groups excluding tert-OH is 2. The van der Waals surface area contributed by atoms with E-state index in [0.717, 1.165) is 33.2 Å². The van der Waals surface area contributed by atoms with E-state index in [4.69, 9.17) is 4.74 Å². The first kappa shape index (κ1) is 11.9. The third-order valence-electron chi connectivity index (χ3n) is 3.06. The van der Waals surface area contributed by atoms with Crippen LogP contribution in [0.2, 0.25) is 0 Å². The van der Waals surface area contributed by atoms with Gasteiger partial charge in [-0.05, 0) is 35.1 Å². The Morgan fingerprint density at radius 1 is 0.941 bits per heavy atom. The van der Waals surface area contributed by atoms with Gasteiger partial charge in [-0.2, -0.15) is 0 Å². The molecule has 0 aliphatic rings. The van der Waals surface area contributed by atoms with Gasteiger partial charge in [0.25, 0.3) is 0 Å². The Bertz CT molecular complexity index is 536. The van der Waals surface area contributed by atoms with Crippen molar-refractivity contribution in [3.63, 3.8) is 0 Å². The van der Waals surface area contributed by atoms with Gasteiger partial charge in [-0.25, -0.2) is 0 Å². The van der Waals surface area contributed by atoms with Crippen LogP contribution in [0.3, 0.4) is 0 Å². The quantitative estimate of drug-likeness (QED) is 0.852. The van der Waals surface area contributed by atoms with Gasteiger partial charge in [0, 0.05) is 5.39 Å². The number of aryl methyl sites for hydroxylation is 1. The summed E-state index contributed by atoms with van der Waals surface area (Å²) >= 11 is 0. The second-order valence-corrected chi connectivity index (χ2v) is 4.03. The van der Waals surface area contributed by atoms with Crippen LogP contribution < -0.4 is 4.74 Å². The number of ether oxygens (including phenoxy) is 1. The van der Waals surface area contributed by atoms with Crippen LogP contribution in [-0.2, 0) is 13.2 Å². The van der Waals surface area contributed by atoms with Crippen LogP contribution in [0.5, 0.6) is 5.75 Å². The Morgan fingerprint density at radius 2 is 1.53 bits per heavy atom. The number of hydrogen-bond acceptors (Lipinski definition) is 3. The summed E-state index contributed by atoms with van der Waals surface area (Å²) in [6.07, 6.45) is 0. The lowest BCUT2D eigenvalue weighted by molar-refractivity contribution is 0.278. The molecular formula is C14H16O3. The number of rotatable bonds is 3. The van der Waals surface area contributed by atoms with Crippen LogP contribution in [0.4, 0.5) is 0 Å². The number of aliphatic hydroxyl groups is 2. The fraction of sp³-hybridized carbons (Fsp3) is 0.286. The summed E-state index contributed by atoms with van der Waals surface area (Å²) in [5, 5.41) is 20.6.